The first-order chi connectivity index (χ1) is 15.8. The van der Waals surface area contributed by atoms with Crippen LogP contribution in [0.25, 0.3) is 6.08 Å². The predicted octanol–water partition coefficient (Wildman–Crippen LogP) is 4.62. The predicted molar refractivity (Wildman–Crippen MR) is 127 cm³/mol. The van der Waals surface area contributed by atoms with Gasteiger partial charge in [0.25, 0.3) is 0 Å². The maximum absolute atomic E-state index is 13.0. The molecule has 2 rings (SSSR count). The number of carbonyl (C=O) groups is 3. The molecule has 0 fully saturated rings. The largest absolute Gasteiger partial charge is 0.465 e. The van der Waals surface area contributed by atoms with Crippen molar-refractivity contribution >= 4 is 29.7 Å². The Morgan fingerprint density at radius 1 is 1.00 bits per heavy atom. The normalized spacial score (nSPS) is 18.5. The highest BCUT2D eigenvalue weighted by molar-refractivity contribution is 6.07. The van der Waals surface area contributed by atoms with E-state index in [1.165, 1.54) is 0 Å². The molecule has 0 saturated heterocycles. The third-order valence-corrected chi connectivity index (χ3v) is 5.33. The van der Waals surface area contributed by atoms with Gasteiger partial charge in [-0.1, -0.05) is 31.2 Å². The second-order valence-corrected chi connectivity index (χ2v) is 7.77. The van der Waals surface area contributed by atoms with Crippen molar-refractivity contribution in [3.63, 3.8) is 0 Å². The third kappa shape index (κ3) is 6.18. The van der Waals surface area contributed by atoms with Crippen LogP contribution in [-0.2, 0) is 28.6 Å². The second kappa shape index (κ2) is 12.1. The Morgan fingerprint density at radius 2 is 1.67 bits per heavy atom. The van der Waals surface area contributed by atoms with E-state index >= 15 is 0 Å². The van der Waals surface area contributed by atoms with Gasteiger partial charge in [0.15, 0.2) is 0 Å². The van der Waals surface area contributed by atoms with Gasteiger partial charge in [-0.2, -0.15) is 0 Å². The van der Waals surface area contributed by atoms with E-state index in [2.05, 4.69) is 4.99 Å². The van der Waals surface area contributed by atoms with Crippen LogP contribution in [0.3, 0.4) is 0 Å². The van der Waals surface area contributed by atoms with Gasteiger partial charge in [-0.3, -0.25) is 9.79 Å². The number of benzene rings is 1. The fraction of sp³-hybridized carbons (Fsp3) is 0.462. The van der Waals surface area contributed by atoms with Crippen molar-refractivity contribution < 1.29 is 28.6 Å². The van der Waals surface area contributed by atoms with Crippen LogP contribution in [0.4, 0.5) is 0 Å². The molecule has 7 nitrogen and oxygen atoms in total. The van der Waals surface area contributed by atoms with Crippen molar-refractivity contribution in [2.45, 2.75) is 53.9 Å². The summed E-state index contributed by atoms with van der Waals surface area (Å²) in [5.74, 6) is -2.87. The molecule has 0 N–H and O–H groups in total. The van der Waals surface area contributed by atoms with Gasteiger partial charge in [0.1, 0.15) is 5.92 Å². The minimum atomic E-state index is -0.796. The molecule has 2 unspecified atom stereocenters. The van der Waals surface area contributed by atoms with E-state index in [0.717, 1.165) is 6.42 Å². The van der Waals surface area contributed by atoms with Gasteiger partial charge in [0.2, 0.25) is 0 Å². The molecule has 0 aromatic heterocycles. The minimum Gasteiger partial charge on any atom is -0.465 e. The van der Waals surface area contributed by atoms with Gasteiger partial charge in [-0.15, -0.1) is 0 Å². The maximum atomic E-state index is 13.0. The van der Waals surface area contributed by atoms with Crippen LogP contribution >= 0.6 is 0 Å². The Bertz CT molecular complexity index is 988. The number of hydrogen-bond donors (Lipinski definition) is 0. The summed E-state index contributed by atoms with van der Waals surface area (Å²) in [4.78, 5) is 42.8. The molecule has 33 heavy (non-hydrogen) atoms. The molecule has 2 atom stereocenters. The smallest absolute Gasteiger partial charge is 0.336 e. The number of carbonyl (C=O) groups excluding carboxylic acids is 3. The zero-order chi connectivity index (χ0) is 24.5. The Balaban J connectivity index is 2.68. The van der Waals surface area contributed by atoms with Crippen LogP contribution in [0.5, 0.6) is 0 Å². The second-order valence-electron chi connectivity index (χ2n) is 7.77. The summed E-state index contributed by atoms with van der Waals surface area (Å²) in [5, 5.41) is 0. The monoisotopic (exact) mass is 455 g/mol. The molecule has 0 saturated carbocycles. The Kier molecular flexibility index (Phi) is 9.57. The molecule has 1 aliphatic rings. The molecule has 0 amide bonds. The number of aliphatic imine (C=N–C) groups is 1. The van der Waals surface area contributed by atoms with Crippen LogP contribution in [0, 0.1) is 5.92 Å². The number of rotatable bonds is 9. The summed E-state index contributed by atoms with van der Waals surface area (Å²) in [6.07, 6.45) is 2.44. The van der Waals surface area contributed by atoms with Crippen molar-refractivity contribution in [3.05, 3.63) is 52.2 Å². The van der Waals surface area contributed by atoms with Crippen LogP contribution in [0.2, 0.25) is 0 Å². The summed E-state index contributed by atoms with van der Waals surface area (Å²) in [6, 6.07) is 7.36. The first-order valence-electron chi connectivity index (χ1n) is 11.3. The van der Waals surface area contributed by atoms with Crippen molar-refractivity contribution in [1.82, 2.24) is 0 Å². The lowest BCUT2D eigenvalue weighted by Crippen LogP contribution is -2.37. The van der Waals surface area contributed by atoms with E-state index in [4.69, 9.17) is 14.2 Å². The molecule has 0 bridgehead atoms. The fourth-order valence-corrected chi connectivity index (χ4v) is 3.91. The summed E-state index contributed by atoms with van der Waals surface area (Å²) < 4.78 is 15.9. The topological polar surface area (TPSA) is 91.3 Å². The molecule has 0 aliphatic carbocycles. The zero-order valence-corrected chi connectivity index (χ0v) is 20.3. The van der Waals surface area contributed by atoms with Crippen molar-refractivity contribution in [2.75, 3.05) is 19.8 Å². The number of ether oxygens (including phenoxy) is 3. The lowest BCUT2D eigenvalue weighted by molar-refractivity contribution is -0.146. The summed E-state index contributed by atoms with van der Waals surface area (Å²) in [6.45, 7) is 11.3. The lowest BCUT2D eigenvalue weighted by Gasteiger charge is -2.32. The molecule has 1 aliphatic heterocycles. The molecule has 0 spiro atoms. The van der Waals surface area contributed by atoms with Crippen LogP contribution in [0.1, 0.15) is 65.0 Å². The number of esters is 3. The van der Waals surface area contributed by atoms with E-state index in [-0.39, 0.29) is 13.2 Å². The van der Waals surface area contributed by atoms with Gasteiger partial charge in [-0.05, 0) is 58.2 Å². The van der Waals surface area contributed by atoms with E-state index in [1.54, 1.807) is 40.7 Å². The van der Waals surface area contributed by atoms with Crippen LogP contribution < -0.4 is 0 Å². The van der Waals surface area contributed by atoms with Crippen molar-refractivity contribution in [3.8, 4) is 0 Å². The Labute approximate surface area is 195 Å². The highest BCUT2D eigenvalue weighted by atomic mass is 16.5. The van der Waals surface area contributed by atoms with E-state index < -0.39 is 29.7 Å². The minimum absolute atomic E-state index is 0.193. The van der Waals surface area contributed by atoms with Crippen molar-refractivity contribution in [2.24, 2.45) is 10.9 Å². The zero-order valence-electron chi connectivity index (χ0n) is 20.3. The molecule has 7 heteroatoms. The molecule has 1 aromatic carbocycles. The molecular weight excluding hydrogens is 422 g/mol. The fourth-order valence-electron chi connectivity index (χ4n) is 3.91. The summed E-state index contributed by atoms with van der Waals surface area (Å²) >= 11 is 0. The molecule has 1 heterocycles. The molecule has 178 valence electrons. The lowest BCUT2D eigenvalue weighted by atomic mass is 9.74. The molecule has 0 radical (unpaired) electrons. The highest BCUT2D eigenvalue weighted by Crippen LogP contribution is 2.41. The number of allylic oxidation sites excluding steroid dienone is 1. The standard InChI is InChI=1S/C26H33NO6/c1-7-14-33-24(28)16(4)15-19-12-10-11-13-20(19)23-21(25(29)31-8-2)17(5)27-18(6)22(23)26(30)32-9-3/h10-13,15,21,23H,7-9,14H2,1-6H3. The maximum Gasteiger partial charge on any atom is 0.336 e. The van der Waals surface area contributed by atoms with Gasteiger partial charge < -0.3 is 14.2 Å². The van der Waals surface area contributed by atoms with Gasteiger partial charge in [0, 0.05) is 22.9 Å². The van der Waals surface area contributed by atoms with E-state index in [9.17, 15) is 14.4 Å². The van der Waals surface area contributed by atoms with Gasteiger partial charge in [-0.25, -0.2) is 9.59 Å². The first kappa shape index (κ1) is 26.0. The van der Waals surface area contributed by atoms with Crippen molar-refractivity contribution in [1.29, 1.82) is 0 Å². The highest BCUT2D eigenvalue weighted by Gasteiger charge is 2.43. The van der Waals surface area contributed by atoms with E-state index in [1.807, 2.05) is 31.2 Å². The molecular formula is C26H33NO6. The van der Waals surface area contributed by atoms with Gasteiger partial charge >= 0.3 is 17.9 Å². The van der Waals surface area contributed by atoms with E-state index in [0.29, 0.717) is 40.3 Å². The quantitative estimate of drug-likeness (QED) is 0.307. The first-order valence-corrected chi connectivity index (χ1v) is 11.3. The SMILES string of the molecule is CCCOC(=O)C(C)=Cc1ccccc1C1C(C(=O)OCC)=C(C)N=C(C)C1C(=O)OCC. The summed E-state index contributed by atoms with van der Waals surface area (Å²) in [5.41, 5.74) is 3.19. The third-order valence-electron chi connectivity index (χ3n) is 5.33. The van der Waals surface area contributed by atoms with Gasteiger partial charge in [0.05, 0.1) is 25.4 Å². The Morgan fingerprint density at radius 3 is 2.30 bits per heavy atom. The average molecular weight is 456 g/mol. The average Bonchev–Trinajstić information content (AvgIpc) is 2.77. The van der Waals surface area contributed by atoms with Crippen LogP contribution in [0.15, 0.2) is 46.1 Å². The summed E-state index contributed by atoms with van der Waals surface area (Å²) in [7, 11) is 0. The number of nitrogens with zero attached hydrogens (tertiary/aromatic N) is 1. The van der Waals surface area contributed by atoms with Crippen LogP contribution in [-0.4, -0.2) is 43.4 Å². The number of hydrogen-bond acceptors (Lipinski definition) is 7. The molecule has 1 aromatic rings. The Hall–Kier alpha value is -3.22.